The average Bonchev–Trinajstić information content (AvgIpc) is 2.85. The topological polar surface area (TPSA) is 201 Å². The number of carbonyl (C=O) groups excluding carboxylic acids is 3. The van der Waals surface area contributed by atoms with Gasteiger partial charge in [0.2, 0.25) is 5.78 Å². The molecule has 0 aromatic heterocycles. The van der Waals surface area contributed by atoms with E-state index in [1.54, 1.807) is 12.1 Å². The van der Waals surface area contributed by atoms with Crippen molar-refractivity contribution < 1.29 is 39.7 Å². The van der Waals surface area contributed by atoms with Gasteiger partial charge < -0.3 is 26.2 Å². The number of phenolic OH excluding ortho intramolecular Hbond substituents is 1. The zero-order valence-electron chi connectivity index (χ0n) is 22.0. The molecule has 1 saturated carbocycles. The van der Waals surface area contributed by atoms with Crippen LogP contribution in [-0.4, -0.2) is 48.4 Å². The summed E-state index contributed by atoms with van der Waals surface area (Å²) < 4.78 is 0. The minimum atomic E-state index is -2.66. The molecular weight excluding hydrogens is 520 g/mol. The molecule has 2 aromatic carbocycles. The van der Waals surface area contributed by atoms with Crippen LogP contribution < -0.4 is 5.73 Å². The maximum absolute atomic E-state index is 13.8. The Kier molecular flexibility index (Phi) is 5.92. The number of carbonyl (C=O) groups is 3. The van der Waals surface area contributed by atoms with Gasteiger partial charge in [-0.15, -0.1) is 0 Å². The molecule has 3 aliphatic rings. The molecule has 0 bridgehead atoms. The van der Waals surface area contributed by atoms with E-state index in [1.807, 2.05) is 20.8 Å². The van der Waals surface area contributed by atoms with Crippen molar-refractivity contribution in [2.24, 2.45) is 17.6 Å². The van der Waals surface area contributed by atoms with E-state index in [-0.39, 0.29) is 35.4 Å². The highest BCUT2D eigenvalue weighted by molar-refractivity contribution is 6.22. The number of phenols is 1. The molecule has 0 aliphatic heterocycles. The van der Waals surface area contributed by atoms with Crippen molar-refractivity contribution in [2.45, 2.75) is 51.0 Å². The highest BCUT2D eigenvalue weighted by Gasteiger charge is 2.60. The van der Waals surface area contributed by atoms with Gasteiger partial charge >= 0.3 is 0 Å². The van der Waals surface area contributed by atoms with Crippen LogP contribution in [-0.2, 0) is 26.2 Å². The Morgan fingerprint density at radius 1 is 1.12 bits per heavy atom. The Morgan fingerprint density at radius 2 is 1.80 bits per heavy atom. The van der Waals surface area contributed by atoms with Gasteiger partial charge in [0.25, 0.3) is 11.6 Å². The largest absolute Gasteiger partial charge is 0.508 e. The minimum Gasteiger partial charge on any atom is -0.508 e. The lowest BCUT2D eigenvalue weighted by Gasteiger charge is -2.46. The van der Waals surface area contributed by atoms with Crippen LogP contribution in [0.4, 0.5) is 5.69 Å². The number of fused-ring (bicyclic) bond motifs is 3. The lowest BCUT2D eigenvalue weighted by atomic mass is 9.59. The van der Waals surface area contributed by atoms with Crippen molar-refractivity contribution in [1.29, 1.82) is 0 Å². The number of benzene rings is 2. The van der Waals surface area contributed by atoms with Gasteiger partial charge in [-0.05, 0) is 46.9 Å². The first-order valence-electron chi connectivity index (χ1n) is 12.7. The fourth-order valence-electron chi connectivity index (χ4n) is 6.31. The number of nitro benzene ring substituents is 1. The number of aliphatic hydroxyl groups is 3. The van der Waals surface area contributed by atoms with E-state index < -0.39 is 68.8 Å². The van der Waals surface area contributed by atoms with Crippen molar-refractivity contribution >= 4 is 28.9 Å². The summed E-state index contributed by atoms with van der Waals surface area (Å²) in [6.45, 7) is 5.48. The smallest absolute Gasteiger partial charge is 0.270 e. The predicted molar refractivity (Wildman–Crippen MR) is 142 cm³/mol. The molecule has 6 N–H and O–H groups in total. The van der Waals surface area contributed by atoms with Crippen LogP contribution in [0.5, 0.6) is 5.75 Å². The van der Waals surface area contributed by atoms with Crippen molar-refractivity contribution in [3.8, 4) is 16.9 Å². The van der Waals surface area contributed by atoms with E-state index in [1.165, 1.54) is 18.2 Å². The number of amides is 1. The third-order valence-electron chi connectivity index (χ3n) is 8.24. The predicted octanol–water partition coefficient (Wildman–Crippen LogP) is 3.30. The van der Waals surface area contributed by atoms with Crippen LogP contribution in [0.15, 0.2) is 47.2 Å². The Labute approximate surface area is 228 Å². The number of hydrogen-bond acceptors (Lipinski definition) is 9. The molecule has 40 heavy (non-hydrogen) atoms. The number of ketones is 2. The fraction of sp³-hybridized carbons (Fsp3) is 0.345. The Balaban J connectivity index is 1.79. The molecule has 5 rings (SSSR count). The summed E-state index contributed by atoms with van der Waals surface area (Å²) >= 11 is 0. The second-order valence-corrected chi connectivity index (χ2v) is 11.6. The summed E-state index contributed by atoms with van der Waals surface area (Å²) in [5.74, 6) is -7.03. The summed E-state index contributed by atoms with van der Waals surface area (Å²) in [4.78, 5) is 49.2. The maximum atomic E-state index is 13.8. The van der Waals surface area contributed by atoms with Gasteiger partial charge in [-0.25, -0.2) is 0 Å². The summed E-state index contributed by atoms with van der Waals surface area (Å²) in [6.07, 6.45) is -0.350. The maximum Gasteiger partial charge on any atom is 0.270 e. The standard InChI is InChI=1S/C29H28N2O9/c1-28(2,3)18-11-16(12-5-4-6-15(8-12)31(39)40)17-9-13-7-14-10-19(32)22(27(30)37)26(36)29(14,38)25(35)20(13)24(34)21(17)23(18)33/h4-6,8,11,13-14,33-34,36,38H,7,9-10H2,1-3H3,(H2,30,37)/t13-,14?,29+/m1/s1. The molecule has 3 atom stereocenters. The number of nitro groups is 1. The first-order valence-corrected chi connectivity index (χ1v) is 12.7. The highest BCUT2D eigenvalue weighted by Crippen LogP contribution is 2.54. The summed E-state index contributed by atoms with van der Waals surface area (Å²) in [5.41, 5.74) is 2.43. The number of Topliss-reactive ketones (excluding diaryl/α,β-unsaturated/α-hetero) is 2. The van der Waals surface area contributed by atoms with Gasteiger partial charge in [0.15, 0.2) is 11.4 Å². The molecule has 208 valence electrons. The third kappa shape index (κ3) is 3.72. The average molecular weight is 549 g/mol. The number of hydrogen-bond donors (Lipinski definition) is 5. The molecule has 1 amide bonds. The highest BCUT2D eigenvalue weighted by atomic mass is 16.6. The Bertz CT molecular complexity index is 1610. The first-order chi connectivity index (χ1) is 18.6. The number of rotatable bonds is 3. The van der Waals surface area contributed by atoms with E-state index in [0.29, 0.717) is 22.3 Å². The SMILES string of the molecule is CC(C)(C)c1cc(-c2cccc([N+](=O)[O-])c2)c2c(c1O)C(O)=C1C(=O)[C@]3(O)C(O)=C(C(N)=O)C(=O)CC3C[C@@H]1C2. The summed E-state index contributed by atoms with van der Waals surface area (Å²) in [7, 11) is 0. The number of nitrogens with two attached hydrogens (primary N) is 1. The molecule has 11 nitrogen and oxygen atoms in total. The number of non-ortho nitro benzene ring substituents is 1. The van der Waals surface area contributed by atoms with Gasteiger partial charge in [0, 0.05) is 35.6 Å². The molecule has 0 spiro atoms. The monoisotopic (exact) mass is 548 g/mol. The van der Waals surface area contributed by atoms with Crippen LogP contribution in [0.1, 0.15) is 50.3 Å². The molecule has 0 heterocycles. The molecule has 1 unspecified atom stereocenters. The van der Waals surface area contributed by atoms with Crippen molar-refractivity contribution in [3.05, 3.63) is 74.0 Å². The van der Waals surface area contributed by atoms with Gasteiger partial charge in [-0.2, -0.15) is 0 Å². The van der Waals surface area contributed by atoms with Crippen LogP contribution >= 0.6 is 0 Å². The Morgan fingerprint density at radius 3 is 2.40 bits per heavy atom. The van der Waals surface area contributed by atoms with Crippen molar-refractivity contribution in [3.63, 3.8) is 0 Å². The molecule has 0 saturated heterocycles. The van der Waals surface area contributed by atoms with Crippen molar-refractivity contribution in [1.82, 2.24) is 0 Å². The van der Waals surface area contributed by atoms with Gasteiger partial charge in [0.1, 0.15) is 22.8 Å². The van der Waals surface area contributed by atoms with E-state index in [0.717, 1.165) is 0 Å². The minimum absolute atomic E-state index is 0.0148. The zero-order chi connectivity index (χ0) is 29.5. The van der Waals surface area contributed by atoms with E-state index in [2.05, 4.69) is 0 Å². The van der Waals surface area contributed by atoms with Crippen molar-refractivity contribution in [2.75, 3.05) is 0 Å². The second-order valence-electron chi connectivity index (χ2n) is 11.6. The number of primary amides is 1. The normalized spacial score (nSPS) is 24.4. The third-order valence-corrected chi connectivity index (χ3v) is 8.24. The molecule has 2 aromatic rings. The molecule has 3 aliphatic carbocycles. The van der Waals surface area contributed by atoms with Crippen LogP contribution in [0.3, 0.4) is 0 Å². The Hall–Kier alpha value is -4.51. The second kappa shape index (κ2) is 8.75. The van der Waals surface area contributed by atoms with Crippen LogP contribution in [0.2, 0.25) is 0 Å². The summed E-state index contributed by atoms with van der Waals surface area (Å²) in [5, 5.41) is 56.6. The lowest BCUT2D eigenvalue weighted by Crippen LogP contribution is -2.58. The molecule has 11 heteroatoms. The lowest BCUT2D eigenvalue weighted by molar-refractivity contribution is -0.384. The number of aromatic hydroxyl groups is 1. The quantitative estimate of drug-likeness (QED) is 0.217. The summed E-state index contributed by atoms with van der Waals surface area (Å²) in [6, 6.07) is 7.63. The van der Waals surface area contributed by atoms with Crippen LogP contribution in [0.25, 0.3) is 16.9 Å². The fourth-order valence-corrected chi connectivity index (χ4v) is 6.31. The zero-order valence-corrected chi connectivity index (χ0v) is 22.0. The molecular formula is C29H28N2O9. The number of nitrogens with zero attached hydrogens (tertiary/aromatic N) is 1. The van der Waals surface area contributed by atoms with Gasteiger partial charge in [-0.1, -0.05) is 32.9 Å². The van der Waals surface area contributed by atoms with Gasteiger partial charge in [0.05, 0.1) is 10.5 Å². The molecule has 0 radical (unpaired) electrons. The number of aliphatic hydroxyl groups excluding tert-OH is 2. The van der Waals surface area contributed by atoms with E-state index in [9.17, 15) is 44.9 Å². The van der Waals surface area contributed by atoms with Crippen LogP contribution in [0, 0.1) is 22.0 Å². The molecule has 1 fully saturated rings. The van der Waals surface area contributed by atoms with E-state index in [4.69, 9.17) is 5.73 Å². The van der Waals surface area contributed by atoms with E-state index >= 15 is 0 Å². The first kappa shape index (κ1) is 27.1. The van der Waals surface area contributed by atoms with Gasteiger partial charge in [-0.3, -0.25) is 24.5 Å².